The lowest BCUT2D eigenvalue weighted by molar-refractivity contribution is 0.0302. The van der Waals surface area contributed by atoms with Crippen LogP contribution in [0.3, 0.4) is 0 Å². The van der Waals surface area contributed by atoms with Crippen LogP contribution in [0.2, 0.25) is 0 Å². The summed E-state index contributed by atoms with van der Waals surface area (Å²) in [5.41, 5.74) is 5.31. The molecule has 0 atom stereocenters. The van der Waals surface area contributed by atoms with Gasteiger partial charge in [0.05, 0.1) is 23.7 Å². The van der Waals surface area contributed by atoms with E-state index in [1.165, 1.54) is 40.5 Å². The van der Waals surface area contributed by atoms with E-state index in [0.29, 0.717) is 43.4 Å². The van der Waals surface area contributed by atoms with E-state index in [1.54, 1.807) is 47.7 Å². The molecule has 4 heterocycles. The lowest BCUT2D eigenvalue weighted by atomic mass is 10.00. The zero-order valence-electron chi connectivity index (χ0n) is 24.4. The van der Waals surface area contributed by atoms with Gasteiger partial charge in [0.2, 0.25) is 0 Å². The average Bonchev–Trinajstić information content (AvgIpc) is 3.31. The Balaban J connectivity index is 1.21. The van der Waals surface area contributed by atoms with Crippen LogP contribution < -0.4 is 16.2 Å². The molecular formula is C33H35N5O4S. The van der Waals surface area contributed by atoms with E-state index in [9.17, 15) is 14.4 Å². The summed E-state index contributed by atoms with van der Waals surface area (Å²) in [5.74, 6) is 0.277. The van der Waals surface area contributed by atoms with E-state index >= 15 is 0 Å². The fourth-order valence-electron chi connectivity index (χ4n) is 5.68. The zero-order valence-corrected chi connectivity index (χ0v) is 25.3. The first-order valence-electron chi connectivity index (χ1n) is 14.7. The number of rotatable bonds is 6. The summed E-state index contributed by atoms with van der Waals surface area (Å²) in [4.78, 5) is 47.3. The van der Waals surface area contributed by atoms with Gasteiger partial charge >= 0.3 is 0 Å². The van der Waals surface area contributed by atoms with Crippen molar-refractivity contribution in [2.45, 2.75) is 39.0 Å². The molecule has 0 radical (unpaired) electrons. The van der Waals surface area contributed by atoms with Crippen LogP contribution in [0.15, 0.2) is 59.7 Å². The van der Waals surface area contributed by atoms with Crippen molar-refractivity contribution in [3.63, 3.8) is 0 Å². The van der Waals surface area contributed by atoms with E-state index in [-0.39, 0.29) is 17.4 Å². The molecule has 0 bridgehead atoms. The normalized spacial score (nSPS) is 15.0. The minimum Gasteiger partial charge on any atom is -0.378 e. The minimum atomic E-state index is -0.210. The quantitative estimate of drug-likeness (QED) is 0.282. The maximum atomic E-state index is 13.2. The molecule has 0 unspecified atom stereocenters. The van der Waals surface area contributed by atoms with Gasteiger partial charge in [-0.15, -0.1) is 11.3 Å². The predicted octanol–water partition coefficient (Wildman–Crippen LogP) is 5.55. The van der Waals surface area contributed by atoms with Gasteiger partial charge in [0.1, 0.15) is 11.5 Å². The molecule has 3 aromatic heterocycles. The van der Waals surface area contributed by atoms with Gasteiger partial charge in [0.15, 0.2) is 0 Å². The third-order valence-electron chi connectivity index (χ3n) is 8.12. The fraction of sp³-hybridized carbons (Fsp3) is 0.333. The van der Waals surface area contributed by atoms with Crippen LogP contribution in [-0.2, 0) is 24.6 Å². The van der Waals surface area contributed by atoms with Gasteiger partial charge in [-0.3, -0.25) is 14.4 Å². The Labute approximate surface area is 254 Å². The molecule has 0 spiro atoms. The first-order valence-corrected chi connectivity index (χ1v) is 15.5. The molecule has 2 aliphatic rings. The molecule has 1 aliphatic carbocycles. The number of amides is 2. The number of pyridine rings is 2. The van der Waals surface area contributed by atoms with Crippen molar-refractivity contribution in [2.24, 2.45) is 7.05 Å². The van der Waals surface area contributed by atoms with Crippen LogP contribution in [0.1, 0.15) is 55.3 Å². The minimum absolute atomic E-state index is 0.0863. The first kappa shape index (κ1) is 28.8. The van der Waals surface area contributed by atoms with Crippen LogP contribution in [0.4, 0.5) is 17.2 Å². The Morgan fingerprint density at radius 2 is 1.81 bits per heavy atom. The van der Waals surface area contributed by atoms with Gasteiger partial charge in [0, 0.05) is 48.7 Å². The molecule has 2 N–H and O–H groups in total. The van der Waals surface area contributed by atoms with Gasteiger partial charge in [-0.25, -0.2) is 4.98 Å². The molecule has 10 heteroatoms. The number of carbonyl (C=O) groups is 2. The molecule has 9 nitrogen and oxygen atoms in total. The number of hydrogen-bond donors (Lipinski definition) is 2. The molecule has 2 amide bonds. The van der Waals surface area contributed by atoms with Crippen molar-refractivity contribution in [1.82, 2.24) is 14.5 Å². The summed E-state index contributed by atoms with van der Waals surface area (Å²) in [7, 11) is 1.70. The zero-order chi connectivity index (χ0) is 29.9. The van der Waals surface area contributed by atoms with Crippen LogP contribution in [-0.4, -0.2) is 52.6 Å². The number of anilines is 3. The van der Waals surface area contributed by atoms with Crippen LogP contribution >= 0.6 is 11.3 Å². The van der Waals surface area contributed by atoms with E-state index in [4.69, 9.17) is 4.74 Å². The van der Waals surface area contributed by atoms with Gasteiger partial charge < -0.3 is 24.8 Å². The summed E-state index contributed by atoms with van der Waals surface area (Å²) in [6.45, 7) is 4.15. The van der Waals surface area contributed by atoms with Crippen LogP contribution in [0.5, 0.6) is 0 Å². The summed E-state index contributed by atoms with van der Waals surface area (Å²) in [5, 5.41) is 6.25. The van der Waals surface area contributed by atoms with E-state index in [2.05, 4.69) is 21.7 Å². The number of hydrogen-bond acceptors (Lipinski definition) is 7. The largest absolute Gasteiger partial charge is 0.378 e. The fourth-order valence-corrected chi connectivity index (χ4v) is 6.83. The Hall–Kier alpha value is -4.28. The number of fused-ring (bicyclic) bond motifs is 1. The molecule has 222 valence electrons. The van der Waals surface area contributed by atoms with Crippen molar-refractivity contribution in [1.29, 1.82) is 0 Å². The lowest BCUT2D eigenvalue weighted by Crippen LogP contribution is -2.40. The second kappa shape index (κ2) is 12.5. The Kier molecular flexibility index (Phi) is 8.40. The smallest absolute Gasteiger partial charge is 0.274 e. The third-order valence-corrected chi connectivity index (χ3v) is 9.35. The summed E-state index contributed by atoms with van der Waals surface area (Å²) >= 11 is 1.61. The van der Waals surface area contributed by atoms with E-state index in [1.807, 2.05) is 25.1 Å². The van der Waals surface area contributed by atoms with Crippen LogP contribution in [0.25, 0.3) is 11.1 Å². The van der Waals surface area contributed by atoms with Crippen molar-refractivity contribution in [3.8, 4) is 11.1 Å². The van der Waals surface area contributed by atoms with E-state index < -0.39 is 0 Å². The third kappa shape index (κ3) is 6.25. The highest BCUT2D eigenvalue weighted by atomic mass is 32.1. The number of nitrogens with zero attached hydrogens (tertiary/aromatic N) is 3. The Morgan fingerprint density at radius 3 is 2.60 bits per heavy atom. The molecule has 1 aromatic carbocycles. The maximum absolute atomic E-state index is 13.2. The van der Waals surface area contributed by atoms with E-state index in [0.717, 1.165) is 40.1 Å². The molecule has 1 fully saturated rings. The lowest BCUT2D eigenvalue weighted by Gasteiger charge is -2.26. The van der Waals surface area contributed by atoms with Crippen molar-refractivity contribution >= 4 is 40.3 Å². The Bertz CT molecular complexity index is 1700. The summed E-state index contributed by atoms with van der Waals surface area (Å²) < 4.78 is 6.86. The highest BCUT2D eigenvalue weighted by Gasteiger charge is 2.20. The van der Waals surface area contributed by atoms with Gasteiger partial charge in [-0.2, -0.15) is 0 Å². The first-order chi connectivity index (χ1) is 20.9. The second-order valence-corrected chi connectivity index (χ2v) is 12.2. The number of ether oxygens (including phenoxy) is 1. The number of aryl methyl sites for hydroxylation is 3. The highest BCUT2D eigenvalue weighted by molar-refractivity contribution is 7.14. The molecule has 1 saturated heterocycles. The van der Waals surface area contributed by atoms with Gasteiger partial charge in [0.25, 0.3) is 17.4 Å². The van der Waals surface area contributed by atoms with Crippen molar-refractivity contribution in [2.75, 3.05) is 36.9 Å². The van der Waals surface area contributed by atoms with Crippen molar-refractivity contribution in [3.05, 3.63) is 91.7 Å². The molecular weight excluding hydrogens is 562 g/mol. The predicted molar refractivity (Wildman–Crippen MR) is 170 cm³/mol. The summed E-state index contributed by atoms with van der Waals surface area (Å²) in [6.07, 6.45) is 9.02. The van der Waals surface area contributed by atoms with Gasteiger partial charge in [-0.05, 0) is 79.6 Å². The molecule has 1 aliphatic heterocycles. The number of aromatic nitrogens is 2. The average molecular weight is 598 g/mol. The van der Waals surface area contributed by atoms with Crippen molar-refractivity contribution < 1.29 is 14.3 Å². The van der Waals surface area contributed by atoms with Gasteiger partial charge in [-0.1, -0.05) is 18.6 Å². The monoisotopic (exact) mass is 597 g/mol. The summed E-state index contributed by atoms with van der Waals surface area (Å²) in [6, 6.07) is 13.1. The topological polar surface area (TPSA) is 106 Å². The highest BCUT2D eigenvalue weighted by Crippen LogP contribution is 2.32. The molecule has 0 saturated carbocycles. The molecule has 4 aromatic rings. The second-order valence-electron chi connectivity index (χ2n) is 11.1. The van der Waals surface area contributed by atoms with Crippen LogP contribution in [0, 0.1) is 6.92 Å². The Morgan fingerprint density at radius 1 is 1.00 bits per heavy atom. The SMILES string of the molecule is Cc1c(NC(=O)c2cc3c(s2)CCCCC3)cccc1-c1cc(Nc2ccc(C(=O)N3CCOCC3)cn2)c(=O)n(C)c1. The standard InChI is InChI=1S/C33H35N5O4S/c1-21-25(8-6-9-26(21)36-31(39)29-18-22-7-4-3-5-10-28(22)43-29)24-17-27(33(41)37(2)20-24)35-30-12-11-23(19-34-30)32(40)38-13-15-42-16-14-38/h6,8-9,11-12,17-20H,3-5,7,10,13-16H2,1-2H3,(H,34,35)(H,36,39). The number of thiophene rings is 1. The molecule has 6 rings (SSSR count). The number of benzene rings is 1. The maximum Gasteiger partial charge on any atom is 0.274 e. The number of carbonyl (C=O) groups excluding carboxylic acids is 2. The number of nitrogens with one attached hydrogen (secondary N) is 2. The number of morpholine rings is 1. The molecule has 43 heavy (non-hydrogen) atoms.